The molecule has 94 heavy (non-hydrogen) atoms. The number of piperazine rings is 1. The van der Waals surface area contributed by atoms with E-state index in [1.165, 1.54) is 36.1 Å². The van der Waals surface area contributed by atoms with Gasteiger partial charge in [-0.05, 0) is 68.1 Å². The molecule has 13 amide bonds. The van der Waals surface area contributed by atoms with Crippen LogP contribution in [0.15, 0.2) is 29.3 Å². The van der Waals surface area contributed by atoms with E-state index >= 15 is 4.21 Å². The van der Waals surface area contributed by atoms with E-state index in [9.17, 15) is 82.8 Å². The third-order valence-corrected chi connectivity index (χ3v) is 20.0. The molecule has 514 valence electrons. The van der Waals surface area contributed by atoms with Gasteiger partial charge in [0, 0.05) is 94.4 Å². The monoisotopic (exact) mass is 1330 g/mol. The van der Waals surface area contributed by atoms with Gasteiger partial charge in [0.15, 0.2) is 0 Å². The van der Waals surface area contributed by atoms with Crippen molar-refractivity contribution in [3.8, 4) is 5.75 Å². The van der Waals surface area contributed by atoms with Crippen LogP contribution in [0.5, 0.6) is 5.75 Å². The summed E-state index contributed by atoms with van der Waals surface area (Å²) in [4.78, 5) is 187. The minimum atomic E-state index is -2.53. The lowest BCUT2D eigenvalue weighted by Gasteiger charge is -2.36. The average Bonchev–Trinajstić information content (AvgIpc) is 1.59. The zero-order chi connectivity index (χ0) is 68.2. The number of fused-ring (bicyclic) bond motifs is 5. The van der Waals surface area contributed by atoms with Crippen molar-refractivity contribution in [3.63, 3.8) is 0 Å². The first kappa shape index (κ1) is 71.3. The molecule has 3 fully saturated rings. The summed E-state index contributed by atoms with van der Waals surface area (Å²) >= 11 is 0. The Labute approximate surface area is 543 Å². The number of aliphatic hydroxyl groups is 3. The van der Waals surface area contributed by atoms with Crippen molar-refractivity contribution in [3.05, 3.63) is 29.8 Å². The number of anilines is 1. The molecule has 33 heteroatoms. The molecule has 5 aliphatic heterocycles. The number of H-pyrrole nitrogens is 1. The quantitative estimate of drug-likeness (QED) is 0.0522. The van der Waals surface area contributed by atoms with Crippen LogP contribution < -0.4 is 53.2 Å². The zero-order valence-corrected chi connectivity index (χ0v) is 53.6. The minimum Gasteiger partial charge on any atom is -0.506 e. The van der Waals surface area contributed by atoms with Gasteiger partial charge in [-0.25, -0.2) is 0 Å². The van der Waals surface area contributed by atoms with Gasteiger partial charge in [0.2, 0.25) is 65.0 Å². The smallest absolute Gasteiger partial charge is 0.253 e. The van der Waals surface area contributed by atoms with Gasteiger partial charge in [-0.15, -0.1) is 0 Å². The normalized spacial score (nSPS) is 27.4. The number of carbonyl (C=O) groups excluding carboxylic acids is 13. The molecule has 1 aliphatic carbocycles. The number of aromatic nitrogens is 1. The number of hydrogen-bond donors (Lipinski definition) is 14. The van der Waals surface area contributed by atoms with Gasteiger partial charge in [0.1, 0.15) is 52.7 Å². The lowest BCUT2D eigenvalue weighted by Crippen LogP contribution is -2.62. The number of nitrogens with two attached hydrogens (primary N) is 1. The standard InChI is InChI=1S/C61H86N14O18S/c1-4-31(2)50-58(90)65-25-45(81)66-40-30-94(93)60-37(23-38(55(87)64-26-46(82)69-50)67-59(91)51(32(3)43(79)29-76)70-57(89)41-22-35(77)28-74(41)61(92)39(24-44(62)80)68-56(40)88)36-13-14-42(78)53(52(36)71-60)73-20-18-72(19-21-73)47(83)8-6-5-7-17-63-54(86)34-11-9-33(10-12-34)27-75-48(84)15-16-49(75)85/h13-16,31-35,38-41,43,50-51,71,76-79H,4-12,17-30H2,1-3H3,(H2,62,80)(H,63,86)(H,64,87)(H,65,90)(H,66,81)(H,67,91)(H,68,88)(H,69,82)(H,70,89)/t31-,32+,33?,34?,35+,38+,39-,40+,41-,43+,50-,51-,94?/m0/s1. The second-order valence-electron chi connectivity index (χ2n) is 25.1. The van der Waals surface area contributed by atoms with E-state index in [4.69, 9.17) is 5.73 Å². The van der Waals surface area contributed by atoms with Gasteiger partial charge in [-0.1, -0.05) is 33.6 Å². The molecule has 1 aromatic carbocycles. The van der Waals surface area contributed by atoms with E-state index in [1.54, 1.807) is 23.6 Å². The molecule has 11 atom stereocenters. The fourth-order valence-corrected chi connectivity index (χ4v) is 14.2. The van der Waals surface area contributed by atoms with E-state index in [0.29, 0.717) is 51.6 Å². The summed E-state index contributed by atoms with van der Waals surface area (Å²) in [6.07, 6.45) is 2.56. The van der Waals surface area contributed by atoms with Crippen LogP contribution in [0.1, 0.15) is 97.0 Å². The molecule has 2 saturated heterocycles. The molecular formula is C61H86N14O18S. The number of aromatic hydroxyl groups is 1. The molecule has 8 rings (SSSR count). The summed E-state index contributed by atoms with van der Waals surface area (Å²) in [5, 5.41) is 64.1. The summed E-state index contributed by atoms with van der Waals surface area (Å²) in [5.41, 5.74) is 5.88. The van der Waals surface area contributed by atoms with Crippen molar-refractivity contribution in [2.75, 3.05) is 76.2 Å². The summed E-state index contributed by atoms with van der Waals surface area (Å²) in [6, 6.07) is -7.65. The van der Waals surface area contributed by atoms with Crippen molar-refractivity contribution in [2.45, 2.75) is 151 Å². The van der Waals surface area contributed by atoms with Gasteiger partial charge >= 0.3 is 0 Å². The number of carbonyl (C=O) groups is 13. The number of phenols is 1. The Morgan fingerprint density at radius 2 is 1.45 bits per heavy atom. The van der Waals surface area contributed by atoms with Crippen LogP contribution in [-0.4, -0.2) is 241 Å². The van der Waals surface area contributed by atoms with Crippen LogP contribution in [0.25, 0.3) is 10.9 Å². The number of aromatic amines is 1. The summed E-state index contributed by atoms with van der Waals surface area (Å²) in [6.45, 7) is 3.00. The lowest BCUT2D eigenvalue weighted by molar-refractivity contribution is -0.144. The predicted molar refractivity (Wildman–Crippen MR) is 334 cm³/mol. The summed E-state index contributed by atoms with van der Waals surface area (Å²) < 4.78 is 15.4. The van der Waals surface area contributed by atoms with Crippen molar-refractivity contribution >= 4 is 104 Å². The maximum Gasteiger partial charge on any atom is 0.253 e. The number of imide groups is 1. The Morgan fingerprint density at radius 3 is 2.11 bits per heavy atom. The molecular weight excluding hydrogens is 1250 g/mol. The van der Waals surface area contributed by atoms with Crippen LogP contribution >= 0.6 is 0 Å². The van der Waals surface area contributed by atoms with E-state index in [2.05, 4.69) is 47.5 Å². The molecule has 15 N–H and O–H groups in total. The van der Waals surface area contributed by atoms with Gasteiger partial charge in [0.25, 0.3) is 11.8 Å². The zero-order valence-electron chi connectivity index (χ0n) is 52.8. The average molecular weight is 1340 g/mol. The molecule has 0 spiro atoms. The highest BCUT2D eigenvalue weighted by Crippen LogP contribution is 2.40. The van der Waals surface area contributed by atoms with Crippen molar-refractivity contribution in [1.29, 1.82) is 0 Å². The first-order valence-corrected chi connectivity index (χ1v) is 33.3. The number of benzene rings is 1. The molecule has 1 saturated carbocycles. The van der Waals surface area contributed by atoms with Crippen molar-refractivity contribution in [1.82, 2.24) is 62.2 Å². The third kappa shape index (κ3) is 17.4. The number of hydrogen-bond acceptors (Lipinski definition) is 19. The Hall–Kier alpha value is -8.56. The van der Waals surface area contributed by atoms with Crippen molar-refractivity contribution in [2.24, 2.45) is 29.4 Å². The number of aliphatic hydroxyl groups excluding tert-OH is 3. The van der Waals surface area contributed by atoms with E-state index in [-0.39, 0.29) is 101 Å². The molecule has 32 nitrogen and oxygen atoms in total. The number of phenolic OH excluding ortho intramolecular Hbond substituents is 1. The molecule has 1 aromatic heterocycles. The van der Waals surface area contributed by atoms with E-state index in [0.717, 1.165) is 17.7 Å². The third-order valence-electron chi connectivity index (χ3n) is 18.6. The Kier molecular flexibility index (Phi) is 24.3. The second kappa shape index (κ2) is 32.0. The van der Waals surface area contributed by atoms with Crippen LogP contribution in [0.2, 0.25) is 0 Å². The number of nitrogens with zero attached hydrogens (tertiary/aromatic N) is 4. The van der Waals surface area contributed by atoms with E-state index < -0.39 is 176 Å². The largest absolute Gasteiger partial charge is 0.506 e. The van der Waals surface area contributed by atoms with E-state index in [1.807, 2.05) is 0 Å². The maximum atomic E-state index is 15.4. The number of unbranched alkanes of at least 4 members (excludes halogenated alkanes) is 2. The van der Waals surface area contributed by atoms with Gasteiger partial charge in [0.05, 0.1) is 60.4 Å². The number of nitrogens with one attached hydrogen (secondary N) is 9. The Bertz CT molecular complexity index is 3290. The maximum absolute atomic E-state index is 15.4. The molecule has 1 unspecified atom stereocenters. The molecule has 2 bridgehead atoms. The van der Waals surface area contributed by atoms with Crippen LogP contribution in [0.3, 0.4) is 0 Å². The van der Waals surface area contributed by atoms with Crippen LogP contribution in [0.4, 0.5) is 5.69 Å². The highest BCUT2D eigenvalue weighted by atomic mass is 32.2. The van der Waals surface area contributed by atoms with Gasteiger partial charge < -0.3 is 88.4 Å². The fraction of sp³-hybridized carbons (Fsp3) is 0.623. The first-order chi connectivity index (χ1) is 44.8. The molecule has 6 heterocycles. The summed E-state index contributed by atoms with van der Waals surface area (Å²) in [5.74, 6) is -13.5. The highest BCUT2D eigenvalue weighted by Gasteiger charge is 2.46. The lowest BCUT2D eigenvalue weighted by atomic mass is 9.81. The molecule has 2 aromatic rings. The first-order valence-electron chi connectivity index (χ1n) is 32.0. The minimum absolute atomic E-state index is 0.0129. The van der Waals surface area contributed by atoms with Crippen LogP contribution in [-0.2, 0) is 79.5 Å². The van der Waals surface area contributed by atoms with Crippen molar-refractivity contribution < 1.29 is 87.0 Å². The second-order valence-corrected chi connectivity index (χ2v) is 26.5. The van der Waals surface area contributed by atoms with Crippen LogP contribution in [0, 0.1) is 23.7 Å². The van der Waals surface area contributed by atoms with Gasteiger partial charge in [-0.2, -0.15) is 0 Å². The fourth-order valence-electron chi connectivity index (χ4n) is 12.8. The molecule has 0 radical (unpaired) electrons. The topological polar surface area (TPSA) is 471 Å². The molecule has 6 aliphatic rings. The summed E-state index contributed by atoms with van der Waals surface area (Å²) in [7, 11) is -2.53. The predicted octanol–water partition coefficient (Wildman–Crippen LogP) is -4.86. The highest BCUT2D eigenvalue weighted by molar-refractivity contribution is 7.85. The Morgan fingerprint density at radius 1 is 0.777 bits per heavy atom. The Balaban J connectivity index is 1.07. The van der Waals surface area contributed by atoms with Gasteiger partial charge in [-0.3, -0.25) is 71.4 Å². The SMILES string of the molecule is CC[C@H](C)[C@@H]1NC(=O)CNC(=O)[C@H]2Cc3c([nH]c4c(N5CCN(C(=O)CCCCCNC(=O)C6CCC(CN7C(=O)C=CC7=O)CC6)CC5)c(O)ccc34)S(=O)C[C@@H](NC(=O)CNC1=O)C(=O)N[C@@H](CC(N)=O)C(=O)N1C[C@H](O)C[C@H]1C(=O)N[C@@H]([C@H](C)[C@H](O)CO)C(=O)N2. The number of amides is 13. The number of rotatable bonds is 17. The number of primary amides is 1.